The highest BCUT2D eigenvalue weighted by Crippen LogP contribution is 2.30. The standard InChI is InChI=1S/C16H12F3N3O/c1-22-7-3-6-14(22)8-11(10-20)15(23)21-13-5-2-4-12(9-13)16(17,18)19/h2-9H,1H3,(H,21,23)/b11-8+. The Kier molecular flexibility index (Phi) is 4.55. The number of rotatable bonds is 3. The second kappa shape index (κ2) is 6.40. The van der Waals surface area contributed by atoms with E-state index in [0.29, 0.717) is 5.69 Å². The molecular weight excluding hydrogens is 307 g/mol. The van der Waals surface area contributed by atoms with E-state index >= 15 is 0 Å². The molecule has 0 saturated carbocycles. The van der Waals surface area contributed by atoms with Crippen molar-refractivity contribution in [3.8, 4) is 6.07 Å². The van der Waals surface area contributed by atoms with Gasteiger partial charge in [0, 0.05) is 24.6 Å². The third-order valence-corrected chi connectivity index (χ3v) is 3.09. The molecule has 7 heteroatoms. The fourth-order valence-corrected chi connectivity index (χ4v) is 1.89. The van der Waals surface area contributed by atoms with Gasteiger partial charge in [-0.05, 0) is 36.4 Å². The lowest BCUT2D eigenvalue weighted by atomic mass is 10.1. The third kappa shape index (κ3) is 4.01. The molecule has 0 saturated heterocycles. The van der Waals surface area contributed by atoms with Crippen LogP contribution in [0.5, 0.6) is 0 Å². The number of hydrogen-bond donors (Lipinski definition) is 1. The Morgan fingerprint density at radius 3 is 2.61 bits per heavy atom. The topological polar surface area (TPSA) is 57.8 Å². The highest BCUT2D eigenvalue weighted by molar-refractivity contribution is 6.09. The Bertz CT molecular complexity index is 797. The van der Waals surface area contributed by atoms with Crippen LogP contribution < -0.4 is 5.32 Å². The maximum Gasteiger partial charge on any atom is 0.416 e. The van der Waals surface area contributed by atoms with Crippen LogP contribution in [0.15, 0.2) is 48.2 Å². The maximum absolute atomic E-state index is 12.6. The molecule has 0 aliphatic heterocycles. The summed E-state index contributed by atoms with van der Waals surface area (Å²) in [6.07, 6.45) is -1.40. The molecule has 1 aromatic heterocycles. The number of benzene rings is 1. The number of aryl methyl sites for hydroxylation is 1. The number of nitriles is 1. The minimum absolute atomic E-state index is 0.0298. The fourth-order valence-electron chi connectivity index (χ4n) is 1.89. The minimum Gasteiger partial charge on any atom is -0.351 e. The van der Waals surface area contributed by atoms with Gasteiger partial charge in [0.25, 0.3) is 5.91 Å². The van der Waals surface area contributed by atoms with Crippen molar-refractivity contribution in [3.63, 3.8) is 0 Å². The molecule has 1 heterocycles. The van der Waals surface area contributed by atoms with Crippen LogP contribution in [-0.2, 0) is 18.0 Å². The lowest BCUT2D eigenvalue weighted by Gasteiger charge is -2.09. The average Bonchev–Trinajstić information content (AvgIpc) is 2.89. The zero-order chi connectivity index (χ0) is 17.0. The van der Waals surface area contributed by atoms with Gasteiger partial charge in [0.05, 0.1) is 5.56 Å². The Hall–Kier alpha value is -3.01. The molecule has 0 radical (unpaired) electrons. The van der Waals surface area contributed by atoms with Crippen LogP contribution in [0.3, 0.4) is 0 Å². The van der Waals surface area contributed by atoms with Crippen LogP contribution in [-0.4, -0.2) is 10.5 Å². The number of nitrogens with one attached hydrogen (secondary N) is 1. The summed E-state index contributed by atoms with van der Waals surface area (Å²) in [4.78, 5) is 12.0. The summed E-state index contributed by atoms with van der Waals surface area (Å²) in [5.74, 6) is -0.770. The summed E-state index contributed by atoms with van der Waals surface area (Å²) in [6.45, 7) is 0. The molecule has 0 spiro atoms. The third-order valence-electron chi connectivity index (χ3n) is 3.09. The van der Waals surface area contributed by atoms with Crippen molar-refractivity contribution in [2.24, 2.45) is 7.05 Å². The van der Waals surface area contributed by atoms with E-state index in [1.54, 1.807) is 36.0 Å². The SMILES string of the molecule is Cn1cccc1/C=C(\C#N)C(=O)Nc1cccc(C(F)(F)F)c1. The number of anilines is 1. The lowest BCUT2D eigenvalue weighted by Crippen LogP contribution is -2.14. The van der Waals surface area contributed by atoms with Crippen LogP contribution >= 0.6 is 0 Å². The van der Waals surface area contributed by atoms with E-state index in [2.05, 4.69) is 5.32 Å². The summed E-state index contributed by atoms with van der Waals surface area (Å²) in [5.41, 5.74) is -0.483. The van der Waals surface area contributed by atoms with E-state index < -0.39 is 17.6 Å². The highest BCUT2D eigenvalue weighted by Gasteiger charge is 2.30. The van der Waals surface area contributed by atoms with Gasteiger partial charge in [0.15, 0.2) is 0 Å². The van der Waals surface area contributed by atoms with Crippen molar-refractivity contribution in [1.82, 2.24) is 4.57 Å². The minimum atomic E-state index is -4.50. The van der Waals surface area contributed by atoms with E-state index in [1.165, 1.54) is 18.2 Å². The maximum atomic E-state index is 12.6. The predicted molar refractivity (Wildman–Crippen MR) is 79.1 cm³/mol. The first-order valence-corrected chi connectivity index (χ1v) is 6.53. The largest absolute Gasteiger partial charge is 0.416 e. The molecular formula is C16H12F3N3O. The van der Waals surface area contributed by atoms with Crippen molar-refractivity contribution in [2.75, 3.05) is 5.32 Å². The Morgan fingerprint density at radius 2 is 2.04 bits per heavy atom. The van der Waals surface area contributed by atoms with Gasteiger partial charge in [-0.15, -0.1) is 0 Å². The van der Waals surface area contributed by atoms with Gasteiger partial charge >= 0.3 is 6.18 Å². The molecule has 2 aromatic rings. The Morgan fingerprint density at radius 1 is 1.30 bits per heavy atom. The molecule has 4 nitrogen and oxygen atoms in total. The fraction of sp³-hybridized carbons (Fsp3) is 0.125. The number of carbonyl (C=O) groups is 1. The molecule has 0 bridgehead atoms. The Balaban J connectivity index is 2.23. The van der Waals surface area contributed by atoms with Gasteiger partial charge in [0.1, 0.15) is 11.6 Å². The van der Waals surface area contributed by atoms with E-state index in [0.717, 1.165) is 12.1 Å². The van der Waals surface area contributed by atoms with Crippen molar-refractivity contribution < 1.29 is 18.0 Å². The van der Waals surface area contributed by atoms with Gasteiger partial charge in [-0.2, -0.15) is 18.4 Å². The number of aromatic nitrogens is 1. The zero-order valence-electron chi connectivity index (χ0n) is 12.1. The molecule has 0 aliphatic rings. The molecule has 2 rings (SSSR count). The van der Waals surface area contributed by atoms with E-state index in [1.807, 2.05) is 0 Å². The van der Waals surface area contributed by atoms with E-state index in [9.17, 15) is 18.0 Å². The number of alkyl halides is 3. The second-order valence-corrected chi connectivity index (χ2v) is 4.75. The molecule has 23 heavy (non-hydrogen) atoms. The van der Waals surface area contributed by atoms with Crippen molar-refractivity contribution in [1.29, 1.82) is 5.26 Å². The van der Waals surface area contributed by atoms with Gasteiger partial charge in [0.2, 0.25) is 0 Å². The lowest BCUT2D eigenvalue weighted by molar-refractivity contribution is -0.137. The number of amides is 1. The molecule has 1 amide bonds. The monoisotopic (exact) mass is 319 g/mol. The van der Waals surface area contributed by atoms with Crippen LogP contribution in [0.2, 0.25) is 0 Å². The zero-order valence-corrected chi connectivity index (χ0v) is 12.1. The summed E-state index contributed by atoms with van der Waals surface area (Å²) in [5, 5.41) is 11.4. The highest BCUT2D eigenvalue weighted by atomic mass is 19.4. The molecule has 1 aromatic carbocycles. The van der Waals surface area contributed by atoms with Crippen LogP contribution in [0, 0.1) is 11.3 Å². The van der Waals surface area contributed by atoms with Crippen LogP contribution in [0.1, 0.15) is 11.3 Å². The summed E-state index contributed by atoms with van der Waals surface area (Å²) < 4.78 is 39.6. The van der Waals surface area contributed by atoms with E-state index in [4.69, 9.17) is 5.26 Å². The number of halogens is 3. The number of carbonyl (C=O) groups excluding carboxylic acids is 1. The normalized spacial score (nSPS) is 11.9. The quantitative estimate of drug-likeness (QED) is 0.694. The second-order valence-electron chi connectivity index (χ2n) is 4.75. The Labute approximate surface area is 130 Å². The number of hydrogen-bond acceptors (Lipinski definition) is 2. The van der Waals surface area contributed by atoms with Gasteiger partial charge in [-0.1, -0.05) is 6.07 Å². The summed E-state index contributed by atoms with van der Waals surface area (Å²) in [6, 6.07) is 9.42. The summed E-state index contributed by atoms with van der Waals surface area (Å²) in [7, 11) is 1.74. The predicted octanol–water partition coefficient (Wildman–Crippen LogP) is 3.59. The van der Waals surface area contributed by atoms with Crippen molar-refractivity contribution in [2.45, 2.75) is 6.18 Å². The van der Waals surface area contributed by atoms with Crippen molar-refractivity contribution >= 4 is 17.7 Å². The average molecular weight is 319 g/mol. The molecule has 0 atom stereocenters. The molecule has 0 aliphatic carbocycles. The van der Waals surface area contributed by atoms with Gasteiger partial charge in [-0.25, -0.2) is 0 Å². The van der Waals surface area contributed by atoms with Crippen LogP contribution in [0.4, 0.5) is 18.9 Å². The summed E-state index contributed by atoms with van der Waals surface area (Å²) >= 11 is 0. The first kappa shape index (κ1) is 16.4. The molecule has 0 unspecified atom stereocenters. The van der Waals surface area contributed by atoms with E-state index in [-0.39, 0.29) is 11.3 Å². The molecule has 1 N–H and O–H groups in total. The van der Waals surface area contributed by atoms with Gasteiger partial charge < -0.3 is 9.88 Å². The van der Waals surface area contributed by atoms with Gasteiger partial charge in [-0.3, -0.25) is 4.79 Å². The molecule has 118 valence electrons. The van der Waals surface area contributed by atoms with Crippen molar-refractivity contribution in [3.05, 3.63) is 59.4 Å². The number of nitrogens with zero attached hydrogens (tertiary/aromatic N) is 2. The smallest absolute Gasteiger partial charge is 0.351 e. The first-order chi connectivity index (χ1) is 10.8. The molecule has 0 fully saturated rings. The first-order valence-electron chi connectivity index (χ1n) is 6.53. The van der Waals surface area contributed by atoms with Crippen LogP contribution in [0.25, 0.3) is 6.08 Å².